The zero-order valence-corrected chi connectivity index (χ0v) is 13.1. The fourth-order valence-corrected chi connectivity index (χ4v) is 2.74. The lowest BCUT2D eigenvalue weighted by Gasteiger charge is -2.13. The summed E-state index contributed by atoms with van der Waals surface area (Å²) < 4.78 is 7.21. The van der Waals surface area contributed by atoms with Crippen molar-refractivity contribution >= 4 is 11.7 Å². The van der Waals surface area contributed by atoms with E-state index in [0.717, 1.165) is 38.4 Å². The Balaban J connectivity index is 1.47. The van der Waals surface area contributed by atoms with Crippen LogP contribution in [0, 0.1) is 18.3 Å². The van der Waals surface area contributed by atoms with Crippen molar-refractivity contribution in [2.75, 3.05) is 18.5 Å². The van der Waals surface area contributed by atoms with Gasteiger partial charge >= 0.3 is 0 Å². The lowest BCUT2D eigenvalue weighted by molar-refractivity contribution is -0.116. The Bertz CT molecular complexity index is 619. The van der Waals surface area contributed by atoms with Crippen molar-refractivity contribution < 1.29 is 9.53 Å². The maximum atomic E-state index is 12.1. The average molecular weight is 315 g/mol. The first-order valence-corrected chi connectivity index (χ1v) is 7.98. The van der Waals surface area contributed by atoms with Crippen molar-refractivity contribution in [3.05, 3.63) is 12.3 Å². The van der Waals surface area contributed by atoms with Crippen LogP contribution in [0.1, 0.15) is 32.1 Å². The van der Waals surface area contributed by atoms with Crippen LogP contribution in [0.2, 0.25) is 0 Å². The van der Waals surface area contributed by atoms with E-state index in [-0.39, 0.29) is 5.91 Å². The Labute approximate surface area is 135 Å². The predicted octanol–water partition coefficient (Wildman–Crippen LogP) is 2.21. The summed E-state index contributed by atoms with van der Waals surface area (Å²) in [6.45, 7) is 2.33. The third kappa shape index (κ3) is 4.17. The molecule has 0 saturated carbocycles. The van der Waals surface area contributed by atoms with Gasteiger partial charge in [0.15, 0.2) is 5.66 Å². The first kappa shape index (κ1) is 15.7. The quantitative estimate of drug-likeness (QED) is 0.747. The number of carbonyl (C=O) groups excluding carboxylic acids is 1. The SMILES string of the molecule is C#CCCC1(CCC(=O)Nc2ccnn2CC2CCOC2)N=N1. The molecule has 0 spiro atoms. The lowest BCUT2D eigenvalue weighted by Crippen LogP contribution is -2.21. The standard InChI is InChI=1S/C16H21N5O2/c1-2-3-7-16(19-20-16)8-4-15(22)18-14-5-9-17-21(14)11-13-6-10-23-12-13/h1,5,9,13H,3-4,6-8,10-12H2,(H,18,22). The van der Waals surface area contributed by atoms with E-state index in [0.29, 0.717) is 25.2 Å². The minimum absolute atomic E-state index is 0.0493. The molecule has 1 aromatic rings. The Morgan fingerprint density at radius 2 is 2.39 bits per heavy atom. The van der Waals surface area contributed by atoms with Crippen LogP contribution in [0.25, 0.3) is 0 Å². The van der Waals surface area contributed by atoms with E-state index in [9.17, 15) is 4.79 Å². The highest BCUT2D eigenvalue weighted by Gasteiger charge is 2.39. The summed E-state index contributed by atoms with van der Waals surface area (Å²) in [5.74, 6) is 3.72. The van der Waals surface area contributed by atoms with E-state index in [4.69, 9.17) is 11.2 Å². The second-order valence-corrected chi connectivity index (χ2v) is 6.06. The van der Waals surface area contributed by atoms with Gasteiger partial charge in [-0.2, -0.15) is 15.3 Å². The second kappa shape index (κ2) is 6.92. The van der Waals surface area contributed by atoms with E-state index in [1.54, 1.807) is 6.20 Å². The normalized spacial score (nSPS) is 21.1. The van der Waals surface area contributed by atoms with Crippen molar-refractivity contribution in [1.29, 1.82) is 0 Å². The fourth-order valence-electron chi connectivity index (χ4n) is 2.74. The molecule has 1 atom stereocenters. The van der Waals surface area contributed by atoms with Crippen LogP contribution in [0.4, 0.5) is 5.82 Å². The maximum Gasteiger partial charge on any atom is 0.225 e. The number of nitrogens with one attached hydrogen (secondary N) is 1. The summed E-state index contributed by atoms with van der Waals surface area (Å²) in [4.78, 5) is 12.1. The molecule has 3 heterocycles. The average Bonchev–Trinajstić information content (AvgIpc) is 2.93. The van der Waals surface area contributed by atoms with Crippen molar-refractivity contribution in [2.45, 2.75) is 44.3 Å². The highest BCUT2D eigenvalue weighted by molar-refractivity contribution is 5.89. The summed E-state index contributed by atoms with van der Waals surface area (Å²) in [6, 6.07) is 1.81. The molecule has 122 valence electrons. The molecule has 1 amide bonds. The van der Waals surface area contributed by atoms with Gasteiger partial charge in [-0.25, -0.2) is 4.68 Å². The van der Waals surface area contributed by atoms with E-state index in [1.807, 2.05) is 10.7 Å². The lowest BCUT2D eigenvalue weighted by atomic mass is 10.0. The minimum atomic E-state index is -0.412. The number of ether oxygens (including phenoxy) is 1. The number of nitrogens with zero attached hydrogens (tertiary/aromatic N) is 4. The largest absolute Gasteiger partial charge is 0.381 e. The molecule has 1 saturated heterocycles. The summed E-state index contributed by atoms with van der Waals surface area (Å²) in [6.07, 6.45) is 10.3. The molecule has 2 aliphatic rings. The number of hydrogen-bond acceptors (Lipinski definition) is 5. The molecule has 7 nitrogen and oxygen atoms in total. The first-order chi connectivity index (χ1) is 11.2. The number of amides is 1. The molecule has 1 aromatic heterocycles. The van der Waals surface area contributed by atoms with Gasteiger partial charge in [-0.3, -0.25) is 4.79 Å². The van der Waals surface area contributed by atoms with Gasteiger partial charge in [0.1, 0.15) is 5.82 Å². The zero-order valence-electron chi connectivity index (χ0n) is 13.1. The molecule has 1 N–H and O–H groups in total. The van der Waals surface area contributed by atoms with Gasteiger partial charge in [-0.05, 0) is 6.42 Å². The molecule has 3 rings (SSSR count). The van der Waals surface area contributed by atoms with Gasteiger partial charge in [0.05, 0.1) is 12.8 Å². The van der Waals surface area contributed by atoms with Gasteiger partial charge < -0.3 is 10.1 Å². The molecule has 23 heavy (non-hydrogen) atoms. The monoisotopic (exact) mass is 315 g/mol. The molecular weight excluding hydrogens is 294 g/mol. The third-order valence-electron chi connectivity index (χ3n) is 4.24. The molecule has 0 bridgehead atoms. The number of rotatable bonds is 8. The van der Waals surface area contributed by atoms with Gasteiger partial charge in [0.25, 0.3) is 0 Å². The van der Waals surface area contributed by atoms with Crippen LogP contribution in [-0.4, -0.2) is 34.6 Å². The number of carbonyl (C=O) groups is 1. The molecule has 1 fully saturated rings. The smallest absolute Gasteiger partial charge is 0.225 e. The number of anilines is 1. The van der Waals surface area contributed by atoms with Crippen LogP contribution in [0.15, 0.2) is 22.5 Å². The van der Waals surface area contributed by atoms with E-state index in [1.165, 1.54) is 0 Å². The third-order valence-corrected chi connectivity index (χ3v) is 4.24. The molecule has 0 aromatic carbocycles. The van der Waals surface area contributed by atoms with Crippen molar-refractivity contribution in [3.8, 4) is 12.3 Å². The molecule has 0 aliphatic carbocycles. The molecular formula is C16H21N5O2. The fraction of sp³-hybridized carbons (Fsp3) is 0.625. The molecule has 2 aliphatic heterocycles. The van der Waals surface area contributed by atoms with Gasteiger partial charge in [-0.1, -0.05) is 0 Å². The van der Waals surface area contributed by atoms with Crippen LogP contribution >= 0.6 is 0 Å². The van der Waals surface area contributed by atoms with Crippen LogP contribution in [0.5, 0.6) is 0 Å². The van der Waals surface area contributed by atoms with Crippen molar-refractivity contribution in [3.63, 3.8) is 0 Å². The summed E-state index contributed by atoms with van der Waals surface area (Å²) >= 11 is 0. The predicted molar refractivity (Wildman–Crippen MR) is 84.7 cm³/mol. The Morgan fingerprint density at radius 1 is 1.52 bits per heavy atom. The molecule has 7 heteroatoms. The number of terminal acetylenes is 1. The molecule has 1 unspecified atom stereocenters. The minimum Gasteiger partial charge on any atom is -0.381 e. The Kier molecular flexibility index (Phi) is 4.72. The summed E-state index contributed by atoms with van der Waals surface area (Å²) in [5, 5.41) is 15.3. The second-order valence-electron chi connectivity index (χ2n) is 6.06. The van der Waals surface area contributed by atoms with E-state index < -0.39 is 5.66 Å². The van der Waals surface area contributed by atoms with Gasteiger partial charge in [0.2, 0.25) is 5.91 Å². The number of aromatic nitrogens is 2. The maximum absolute atomic E-state index is 12.1. The van der Waals surface area contributed by atoms with Crippen molar-refractivity contribution in [2.24, 2.45) is 16.1 Å². The Morgan fingerprint density at radius 3 is 3.09 bits per heavy atom. The topological polar surface area (TPSA) is 80.9 Å². The van der Waals surface area contributed by atoms with Crippen LogP contribution in [-0.2, 0) is 16.1 Å². The molecule has 0 radical (unpaired) electrons. The summed E-state index contributed by atoms with van der Waals surface area (Å²) in [5.41, 5.74) is -0.412. The Hall–Kier alpha value is -2.20. The van der Waals surface area contributed by atoms with E-state index >= 15 is 0 Å². The van der Waals surface area contributed by atoms with Crippen LogP contribution < -0.4 is 5.32 Å². The van der Waals surface area contributed by atoms with Crippen LogP contribution in [0.3, 0.4) is 0 Å². The number of hydrogen-bond donors (Lipinski definition) is 1. The van der Waals surface area contributed by atoms with Gasteiger partial charge in [-0.15, -0.1) is 12.3 Å². The summed E-state index contributed by atoms with van der Waals surface area (Å²) in [7, 11) is 0. The highest BCUT2D eigenvalue weighted by Crippen LogP contribution is 2.37. The van der Waals surface area contributed by atoms with Crippen molar-refractivity contribution in [1.82, 2.24) is 9.78 Å². The first-order valence-electron chi connectivity index (χ1n) is 7.98. The zero-order chi connectivity index (χ0) is 16.1. The highest BCUT2D eigenvalue weighted by atomic mass is 16.5. The van der Waals surface area contributed by atoms with E-state index in [2.05, 4.69) is 26.6 Å². The van der Waals surface area contributed by atoms with Gasteiger partial charge in [0, 0.05) is 50.8 Å².